The molecule has 0 unspecified atom stereocenters. The molecule has 0 bridgehead atoms. The summed E-state index contributed by atoms with van der Waals surface area (Å²) < 4.78 is 0. The third-order valence-corrected chi connectivity index (χ3v) is 3.26. The van der Waals surface area contributed by atoms with Crippen LogP contribution in [-0.2, 0) is 5.41 Å². The highest BCUT2D eigenvalue weighted by atomic mass is 16.4. The second-order valence-corrected chi connectivity index (χ2v) is 5.80. The van der Waals surface area contributed by atoms with Gasteiger partial charge in [-0.15, -0.1) is 0 Å². The van der Waals surface area contributed by atoms with E-state index in [2.05, 4.69) is 25.9 Å². The van der Waals surface area contributed by atoms with E-state index in [4.69, 9.17) is 0 Å². The van der Waals surface area contributed by atoms with Gasteiger partial charge in [-0.2, -0.15) is 0 Å². The van der Waals surface area contributed by atoms with E-state index in [0.29, 0.717) is 11.3 Å². The average Bonchev–Trinajstić information content (AvgIpc) is 2.41. The van der Waals surface area contributed by atoms with Gasteiger partial charge in [0, 0.05) is 11.1 Å². The Balaban J connectivity index is 2.56. The Bertz CT molecular complexity index is 625. The van der Waals surface area contributed by atoms with Crippen LogP contribution in [0.5, 0.6) is 5.75 Å². The van der Waals surface area contributed by atoms with Gasteiger partial charge in [-0.05, 0) is 23.1 Å². The molecule has 0 aliphatic carbocycles. The monoisotopic (exact) mass is 269 g/mol. The van der Waals surface area contributed by atoms with E-state index in [0.717, 1.165) is 11.1 Å². The maximum atomic E-state index is 10.1. The Morgan fingerprint density at radius 1 is 1.00 bits per heavy atom. The number of phenols is 1. The number of rotatable bonds is 2. The first-order valence-electron chi connectivity index (χ1n) is 6.55. The molecule has 0 heterocycles. The summed E-state index contributed by atoms with van der Waals surface area (Å²) in [6, 6.07) is 14.7. The Morgan fingerprint density at radius 2 is 1.65 bits per heavy atom. The van der Waals surface area contributed by atoms with E-state index >= 15 is 0 Å². The standard InChI is InChI=1S/C17H19NO2/c1-17(2,3)13-9-10-15(19)14(11-13)16(18-20)12-7-5-4-6-8-12/h4-11,19-20H,1-3H3. The average molecular weight is 269 g/mol. The van der Waals surface area contributed by atoms with Crippen molar-refractivity contribution in [3.63, 3.8) is 0 Å². The number of hydrogen-bond donors (Lipinski definition) is 2. The molecule has 0 spiro atoms. The van der Waals surface area contributed by atoms with Crippen molar-refractivity contribution in [1.29, 1.82) is 0 Å². The van der Waals surface area contributed by atoms with Crippen molar-refractivity contribution in [3.05, 3.63) is 65.2 Å². The maximum absolute atomic E-state index is 10.1. The largest absolute Gasteiger partial charge is 0.507 e. The van der Waals surface area contributed by atoms with E-state index in [9.17, 15) is 10.3 Å². The van der Waals surface area contributed by atoms with E-state index in [1.165, 1.54) is 0 Å². The molecular weight excluding hydrogens is 250 g/mol. The third-order valence-electron chi connectivity index (χ3n) is 3.26. The zero-order valence-electron chi connectivity index (χ0n) is 12.0. The summed E-state index contributed by atoms with van der Waals surface area (Å²) in [4.78, 5) is 0. The minimum absolute atomic E-state index is 0.0420. The van der Waals surface area contributed by atoms with E-state index < -0.39 is 0 Å². The van der Waals surface area contributed by atoms with Crippen LogP contribution in [-0.4, -0.2) is 16.0 Å². The predicted octanol–water partition coefficient (Wildman–Crippen LogP) is 3.92. The van der Waals surface area contributed by atoms with Crippen molar-refractivity contribution in [3.8, 4) is 5.75 Å². The molecule has 0 saturated heterocycles. The number of nitrogens with zero attached hydrogens (tertiary/aromatic N) is 1. The van der Waals surface area contributed by atoms with Gasteiger partial charge in [-0.25, -0.2) is 0 Å². The van der Waals surface area contributed by atoms with Gasteiger partial charge in [0.2, 0.25) is 0 Å². The van der Waals surface area contributed by atoms with Crippen molar-refractivity contribution >= 4 is 5.71 Å². The topological polar surface area (TPSA) is 52.8 Å². The number of benzene rings is 2. The molecule has 0 fully saturated rings. The van der Waals surface area contributed by atoms with Gasteiger partial charge in [0.1, 0.15) is 11.5 Å². The molecule has 20 heavy (non-hydrogen) atoms. The van der Waals surface area contributed by atoms with Gasteiger partial charge in [0.15, 0.2) is 0 Å². The summed E-state index contributed by atoms with van der Waals surface area (Å²) in [6.45, 7) is 6.30. The van der Waals surface area contributed by atoms with E-state index in [1.807, 2.05) is 42.5 Å². The van der Waals surface area contributed by atoms with Gasteiger partial charge in [-0.3, -0.25) is 0 Å². The quantitative estimate of drug-likeness (QED) is 0.493. The minimum Gasteiger partial charge on any atom is -0.507 e. The van der Waals surface area contributed by atoms with Crippen LogP contribution in [0, 0.1) is 0 Å². The summed E-state index contributed by atoms with van der Waals surface area (Å²) in [6.07, 6.45) is 0. The fourth-order valence-corrected chi connectivity index (χ4v) is 2.06. The first-order valence-corrected chi connectivity index (χ1v) is 6.55. The van der Waals surface area contributed by atoms with Crippen LogP contribution < -0.4 is 0 Å². The van der Waals surface area contributed by atoms with Crippen molar-refractivity contribution in [2.24, 2.45) is 5.16 Å². The number of oxime groups is 1. The molecule has 3 heteroatoms. The van der Waals surface area contributed by atoms with Crippen molar-refractivity contribution in [2.45, 2.75) is 26.2 Å². The number of phenolic OH excluding ortho intramolecular Hbond substituents is 1. The van der Waals surface area contributed by atoms with Crippen LogP contribution in [0.3, 0.4) is 0 Å². The summed E-state index contributed by atoms with van der Waals surface area (Å²) in [7, 11) is 0. The van der Waals surface area contributed by atoms with Crippen molar-refractivity contribution in [1.82, 2.24) is 0 Å². The molecule has 3 nitrogen and oxygen atoms in total. The van der Waals surface area contributed by atoms with Gasteiger partial charge in [0.25, 0.3) is 0 Å². The fourth-order valence-electron chi connectivity index (χ4n) is 2.06. The molecule has 2 aromatic rings. The van der Waals surface area contributed by atoms with Gasteiger partial charge in [-0.1, -0.05) is 62.3 Å². The zero-order chi connectivity index (χ0) is 14.8. The molecule has 2 rings (SSSR count). The molecule has 0 aliphatic heterocycles. The van der Waals surface area contributed by atoms with Crippen LogP contribution in [0.1, 0.15) is 37.5 Å². The number of hydrogen-bond acceptors (Lipinski definition) is 3. The first-order chi connectivity index (χ1) is 9.43. The Morgan fingerprint density at radius 3 is 2.20 bits per heavy atom. The second-order valence-electron chi connectivity index (χ2n) is 5.80. The smallest absolute Gasteiger partial charge is 0.125 e. The number of aromatic hydroxyl groups is 1. The van der Waals surface area contributed by atoms with Crippen LogP contribution in [0.25, 0.3) is 0 Å². The predicted molar refractivity (Wildman–Crippen MR) is 80.7 cm³/mol. The first kappa shape index (κ1) is 14.1. The molecule has 0 aliphatic rings. The summed E-state index contributed by atoms with van der Waals surface area (Å²) in [5.74, 6) is 0.106. The van der Waals surface area contributed by atoms with E-state index in [1.54, 1.807) is 6.07 Å². The van der Waals surface area contributed by atoms with Gasteiger partial charge in [0.05, 0.1) is 0 Å². The normalized spacial score (nSPS) is 12.4. The SMILES string of the molecule is CC(C)(C)c1ccc(O)c(C(=NO)c2ccccc2)c1. The Hall–Kier alpha value is -2.29. The van der Waals surface area contributed by atoms with E-state index in [-0.39, 0.29) is 11.2 Å². The molecule has 2 aromatic carbocycles. The van der Waals surface area contributed by atoms with Crippen molar-refractivity contribution < 1.29 is 10.3 Å². The van der Waals surface area contributed by atoms with Crippen LogP contribution in [0.4, 0.5) is 0 Å². The highest BCUT2D eigenvalue weighted by Gasteiger charge is 2.18. The molecule has 104 valence electrons. The van der Waals surface area contributed by atoms with Gasteiger partial charge < -0.3 is 10.3 Å². The lowest BCUT2D eigenvalue weighted by Crippen LogP contribution is -2.13. The third kappa shape index (κ3) is 2.82. The highest BCUT2D eigenvalue weighted by Crippen LogP contribution is 2.29. The Labute approximate surface area is 119 Å². The summed E-state index contributed by atoms with van der Waals surface area (Å²) in [5, 5.41) is 22.8. The fraction of sp³-hybridized carbons (Fsp3) is 0.235. The lowest BCUT2D eigenvalue weighted by Gasteiger charge is -2.20. The summed E-state index contributed by atoms with van der Waals surface area (Å²) >= 11 is 0. The lowest BCUT2D eigenvalue weighted by molar-refractivity contribution is 0.319. The molecular formula is C17H19NO2. The molecule has 0 saturated carbocycles. The minimum atomic E-state index is -0.0420. The lowest BCUT2D eigenvalue weighted by atomic mass is 9.85. The van der Waals surface area contributed by atoms with Crippen LogP contribution in [0.15, 0.2) is 53.7 Å². The molecule has 0 aromatic heterocycles. The summed E-state index contributed by atoms with van der Waals surface area (Å²) in [5.41, 5.74) is 2.69. The molecule has 0 radical (unpaired) electrons. The van der Waals surface area contributed by atoms with Crippen LogP contribution in [0.2, 0.25) is 0 Å². The molecule has 0 atom stereocenters. The van der Waals surface area contributed by atoms with Crippen molar-refractivity contribution in [2.75, 3.05) is 0 Å². The maximum Gasteiger partial charge on any atom is 0.125 e. The molecule has 0 amide bonds. The van der Waals surface area contributed by atoms with Crippen LogP contribution >= 0.6 is 0 Å². The highest BCUT2D eigenvalue weighted by molar-refractivity contribution is 6.14. The second kappa shape index (κ2) is 5.37. The molecule has 2 N–H and O–H groups in total. The van der Waals surface area contributed by atoms with Gasteiger partial charge >= 0.3 is 0 Å². The zero-order valence-corrected chi connectivity index (χ0v) is 12.0. The Kier molecular flexibility index (Phi) is 3.79.